The number of nitrogens with two attached hydrogens (primary N) is 1. The number of nitrogens with zero attached hydrogens (tertiary/aromatic N) is 1. The Morgan fingerprint density at radius 1 is 1.62 bits per heavy atom. The molecular weight excluding hydrogens is 240 g/mol. The highest BCUT2D eigenvalue weighted by Gasteiger charge is 2.22. The predicted octanol–water partition coefficient (Wildman–Crippen LogP) is 2.96. The van der Waals surface area contributed by atoms with Crippen LogP contribution in [0.15, 0.2) is 12.1 Å². The van der Waals surface area contributed by atoms with Crippen molar-refractivity contribution in [2.45, 2.75) is 32.4 Å². The van der Waals surface area contributed by atoms with Gasteiger partial charge in [0.25, 0.3) is 0 Å². The van der Waals surface area contributed by atoms with E-state index < -0.39 is 0 Å². The Bertz CT molecular complexity index is 338. The van der Waals surface area contributed by atoms with Crippen molar-refractivity contribution in [3.8, 4) is 0 Å². The van der Waals surface area contributed by atoms with Crippen LogP contribution in [-0.2, 0) is 6.54 Å². The summed E-state index contributed by atoms with van der Waals surface area (Å²) in [5.41, 5.74) is 5.98. The summed E-state index contributed by atoms with van der Waals surface area (Å²) in [6.07, 6.45) is 2.55. The van der Waals surface area contributed by atoms with Gasteiger partial charge in [0.1, 0.15) is 0 Å². The van der Waals surface area contributed by atoms with E-state index >= 15 is 0 Å². The van der Waals surface area contributed by atoms with E-state index in [4.69, 9.17) is 17.3 Å². The highest BCUT2D eigenvalue weighted by molar-refractivity contribution is 7.16. The second-order valence-corrected chi connectivity index (χ2v) is 6.50. The number of halogens is 1. The molecule has 2 rings (SSSR count). The Morgan fingerprint density at radius 3 is 3.06 bits per heavy atom. The Hall–Kier alpha value is -0.0900. The van der Waals surface area contributed by atoms with Gasteiger partial charge in [-0.1, -0.05) is 11.6 Å². The number of piperidine rings is 1. The Kier molecular flexibility index (Phi) is 4.25. The molecule has 2 nitrogen and oxygen atoms in total. The van der Waals surface area contributed by atoms with Gasteiger partial charge >= 0.3 is 0 Å². The minimum absolute atomic E-state index is 0.315. The van der Waals surface area contributed by atoms with E-state index in [1.54, 1.807) is 11.3 Å². The molecule has 2 N–H and O–H groups in total. The maximum absolute atomic E-state index is 5.98. The smallest absolute Gasteiger partial charge is 0.0931 e. The zero-order valence-electron chi connectivity index (χ0n) is 9.66. The first-order chi connectivity index (χ1) is 7.65. The summed E-state index contributed by atoms with van der Waals surface area (Å²) in [5.74, 6) is 0.657. The van der Waals surface area contributed by atoms with Crippen molar-refractivity contribution in [2.24, 2.45) is 11.7 Å². The van der Waals surface area contributed by atoms with Gasteiger partial charge in [0.05, 0.1) is 4.34 Å². The SMILES string of the molecule is CC(N)C1CCCN(Cc2ccc(Cl)s2)C1. The third-order valence-electron chi connectivity index (χ3n) is 3.29. The molecule has 0 saturated carbocycles. The van der Waals surface area contributed by atoms with Crippen molar-refractivity contribution in [3.05, 3.63) is 21.3 Å². The first-order valence-corrected chi connectivity index (χ1v) is 7.07. The van der Waals surface area contributed by atoms with Gasteiger partial charge in [-0.3, -0.25) is 4.90 Å². The van der Waals surface area contributed by atoms with Crippen LogP contribution in [0.2, 0.25) is 4.34 Å². The largest absolute Gasteiger partial charge is 0.328 e. The van der Waals surface area contributed by atoms with Crippen LogP contribution in [0.5, 0.6) is 0 Å². The number of rotatable bonds is 3. The van der Waals surface area contributed by atoms with E-state index in [-0.39, 0.29) is 0 Å². The second-order valence-electron chi connectivity index (χ2n) is 4.70. The maximum atomic E-state index is 5.98. The number of hydrogen-bond donors (Lipinski definition) is 1. The normalized spacial score (nSPS) is 24.6. The highest BCUT2D eigenvalue weighted by Crippen LogP contribution is 2.25. The summed E-state index contributed by atoms with van der Waals surface area (Å²) in [6, 6.07) is 4.42. The Morgan fingerprint density at radius 2 is 2.44 bits per heavy atom. The number of hydrogen-bond acceptors (Lipinski definition) is 3. The molecule has 1 fully saturated rings. The van der Waals surface area contributed by atoms with Gasteiger partial charge < -0.3 is 5.73 Å². The van der Waals surface area contributed by atoms with Gasteiger partial charge in [0.15, 0.2) is 0 Å². The van der Waals surface area contributed by atoms with Crippen molar-refractivity contribution in [1.29, 1.82) is 0 Å². The fourth-order valence-electron chi connectivity index (χ4n) is 2.32. The highest BCUT2D eigenvalue weighted by atomic mass is 35.5. The molecule has 2 unspecified atom stereocenters. The predicted molar refractivity (Wildman–Crippen MR) is 71.0 cm³/mol. The molecule has 1 aliphatic rings. The van der Waals surface area contributed by atoms with Crippen molar-refractivity contribution >= 4 is 22.9 Å². The van der Waals surface area contributed by atoms with Gasteiger partial charge in [-0.05, 0) is 44.4 Å². The molecule has 1 aromatic rings. The lowest BCUT2D eigenvalue weighted by molar-refractivity contribution is 0.155. The van der Waals surface area contributed by atoms with E-state index in [9.17, 15) is 0 Å². The summed E-state index contributed by atoms with van der Waals surface area (Å²) in [7, 11) is 0. The number of thiophene rings is 1. The van der Waals surface area contributed by atoms with Gasteiger partial charge in [0.2, 0.25) is 0 Å². The van der Waals surface area contributed by atoms with Gasteiger partial charge in [0, 0.05) is 24.0 Å². The second kappa shape index (κ2) is 5.50. The third-order valence-corrected chi connectivity index (χ3v) is 4.51. The quantitative estimate of drug-likeness (QED) is 0.903. The molecule has 2 heterocycles. The van der Waals surface area contributed by atoms with Crippen LogP contribution < -0.4 is 5.73 Å². The molecule has 1 aromatic heterocycles. The summed E-state index contributed by atoms with van der Waals surface area (Å²) < 4.78 is 0.885. The molecule has 1 aliphatic heterocycles. The van der Waals surface area contributed by atoms with Gasteiger partial charge in [-0.15, -0.1) is 11.3 Å². The molecule has 16 heavy (non-hydrogen) atoms. The van der Waals surface area contributed by atoms with Crippen LogP contribution in [0, 0.1) is 5.92 Å². The minimum atomic E-state index is 0.315. The first kappa shape index (κ1) is 12.4. The molecule has 4 heteroatoms. The molecule has 1 saturated heterocycles. The average molecular weight is 259 g/mol. The van der Waals surface area contributed by atoms with Crippen LogP contribution in [0.25, 0.3) is 0 Å². The van der Waals surface area contributed by atoms with E-state index in [1.807, 2.05) is 6.07 Å². The molecule has 2 atom stereocenters. The Labute approximate surface area is 106 Å². The van der Waals surface area contributed by atoms with Crippen LogP contribution in [0.3, 0.4) is 0 Å². The van der Waals surface area contributed by atoms with Gasteiger partial charge in [-0.25, -0.2) is 0 Å². The topological polar surface area (TPSA) is 29.3 Å². The molecule has 0 spiro atoms. The standard InChI is InChI=1S/C12H19ClN2S/c1-9(14)10-3-2-6-15(7-10)8-11-4-5-12(13)16-11/h4-5,9-10H,2-3,6-8,14H2,1H3. The van der Waals surface area contributed by atoms with E-state index in [0.717, 1.165) is 17.4 Å². The third kappa shape index (κ3) is 3.20. The summed E-state index contributed by atoms with van der Waals surface area (Å²) >= 11 is 7.62. The van der Waals surface area contributed by atoms with Crippen LogP contribution >= 0.6 is 22.9 Å². The van der Waals surface area contributed by atoms with E-state index in [2.05, 4.69) is 17.9 Å². The van der Waals surface area contributed by atoms with Crippen LogP contribution in [0.4, 0.5) is 0 Å². The van der Waals surface area contributed by atoms with Crippen LogP contribution in [0.1, 0.15) is 24.6 Å². The van der Waals surface area contributed by atoms with E-state index in [1.165, 1.54) is 24.3 Å². The zero-order valence-corrected chi connectivity index (χ0v) is 11.2. The van der Waals surface area contributed by atoms with Crippen molar-refractivity contribution in [3.63, 3.8) is 0 Å². The zero-order chi connectivity index (χ0) is 11.5. The molecule has 0 radical (unpaired) electrons. The molecule has 90 valence electrons. The lowest BCUT2D eigenvalue weighted by atomic mass is 9.92. The maximum Gasteiger partial charge on any atom is 0.0931 e. The minimum Gasteiger partial charge on any atom is -0.328 e. The summed E-state index contributed by atoms with van der Waals surface area (Å²) in [4.78, 5) is 3.86. The van der Waals surface area contributed by atoms with Crippen molar-refractivity contribution in [2.75, 3.05) is 13.1 Å². The monoisotopic (exact) mass is 258 g/mol. The average Bonchev–Trinajstić information content (AvgIpc) is 2.64. The summed E-state index contributed by atoms with van der Waals surface area (Å²) in [6.45, 7) is 5.47. The lowest BCUT2D eigenvalue weighted by Crippen LogP contribution is -2.41. The van der Waals surface area contributed by atoms with Gasteiger partial charge in [-0.2, -0.15) is 0 Å². The van der Waals surface area contributed by atoms with Crippen molar-refractivity contribution < 1.29 is 0 Å². The molecule has 0 aliphatic carbocycles. The molecule has 0 aromatic carbocycles. The Balaban J connectivity index is 1.90. The van der Waals surface area contributed by atoms with Crippen molar-refractivity contribution in [1.82, 2.24) is 4.90 Å². The first-order valence-electron chi connectivity index (χ1n) is 5.87. The molecule has 0 amide bonds. The summed E-state index contributed by atoms with van der Waals surface area (Å²) in [5, 5.41) is 0. The fourth-order valence-corrected chi connectivity index (χ4v) is 3.45. The molecule has 0 bridgehead atoms. The molecular formula is C12H19ClN2S. The van der Waals surface area contributed by atoms with E-state index in [0.29, 0.717) is 12.0 Å². The fraction of sp³-hybridized carbons (Fsp3) is 0.667. The lowest BCUT2D eigenvalue weighted by Gasteiger charge is -2.34. The number of likely N-dealkylation sites (tertiary alicyclic amines) is 1. The van der Waals surface area contributed by atoms with Crippen LogP contribution in [-0.4, -0.2) is 24.0 Å².